The Balaban J connectivity index is 1.69. The van der Waals surface area contributed by atoms with E-state index in [-0.39, 0.29) is 5.78 Å². The molecule has 4 rings (SSSR count). The van der Waals surface area contributed by atoms with E-state index in [1.807, 2.05) is 42.5 Å². The van der Waals surface area contributed by atoms with Crippen LogP contribution in [0, 0.1) is 0 Å². The number of carbonyl (C=O) groups is 1. The molecule has 1 fully saturated rings. The molecule has 1 heterocycles. The summed E-state index contributed by atoms with van der Waals surface area (Å²) < 4.78 is 0. The fourth-order valence-corrected chi connectivity index (χ4v) is 3.59. The first-order valence-corrected chi connectivity index (χ1v) is 8.85. The fourth-order valence-electron chi connectivity index (χ4n) is 3.59. The molecule has 0 aliphatic heterocycles. The van der Waals surface area contributed by atoms with E-state index in [2.05, 4.69) is 34.5 Å². The predicted molar refractivity (Wildman–Crippen MR) is 99.1 cm³/mol. The number of allylic oxidation sites excluding steroid dienone is 1. The standard InChI is InChI=1S/C21H21N3O/c25-20-14-6-7-15-21(20,16-8-11-17-9-2-1-3-10-17)24-22-18-12-4-5-13-19(18)23-24/h1-5,8-13H,6-7,14-16H2/b11-8+. The van der Waals surface area contributed by atoms with Gasteiger partial charge in [-0.3, -0.25) is 4.79 Å². The highest BCUT2D eigenvalue weighted by molar-refractivity contribution is 5.87. The summed E-state index contributed by atoms with van der Waals surface area (Å²) in [4.78, 5) is 14.6. The van der Waals surface area contributed by atoms with Gasteiger partial charge in [-0.05, 0) is 37.0 Å². The van der Waals surface area contributed by atoms with E-state index < -0.39 is 5.54 Å². The van der Waals surface area contributed by atoms with Crippen LogP contribution in [0.15, 0.2) is 60.7 Å². The van der Waals surface area contributed by atoms with E-state index in [0.29, 0.717) is 12.8 Å². The predicted octanol–water partition coefficient (Wildman–Crippen LogP) is 4.37. The van der Waals surface area contributed by atoms with Gasteiger partial charge >= 0.3 is 0 Å². The Labute approximate surface area is 147 Å². The molecule has 0 radical (unpaired) electrons. The van der Waals surface area contributed by atoms with Crippen LogP contribution >= 0.6 is 0 Å². The summed E-state index contributed by atoms with van der Waals surface area (Å²) in [6, 6.07) is 17.9. The number of hydrogen-bond donors (Lipinski definition) is 0. The first kappa shape index (κ1) is 15.8. The molecule has 1 saturated carbocycles. The summed E-state index contributed by atoms with van der Waals surface area (Å²) in [5, 5.41) is 9.27. The van der Waals surface area contributed by atoms with Gasteiger partial charge in [0.2, 0.25) is 0 Å². The van der Waals surface area contributed by atoms with Crippen molar-refractivity contribution in [2.75, 3.05) is 0 Å². The Bertz CT molecular complexity index is 880. The Morgan fingerprint density at radius 2 is 1.64 bits per heavy atom. The summed E-state index contributed by atoms with van der Waals surface area (Å²) in [5.41, 5.74) is 2.17. The molecule has 3 aromatic rings. The van der Waals surface area contributed by atoms with Crippen molar-refractivity contribution in [3.63, 3.8) is 0 Å². The maximum atomic E-state index is 12.9. The SMILES string of the molecule is O=C1CCCCC1(C/C=C/c1ccccc1)n1nc2ccccc2n1. The number of nitrogens with zero attached hydrogens (tertiary/aromatic N) is 3. The maximum Gasteiger partial charge on any atom is 0.162 e. The summed E-state index contributed by atoms with van der Waals surface area (Å²) in [5.74, 6) is 0.247. The van der Waals surface area contributed by atoms with Gasteiger partial charge < -0.3 is 0 Å². The minimum Gasteiger partial charge on any atom is -0.297 e. The van der Waals surface area contributed by atoms with Crippen LogP contribution in [-0.2, 0) is 10.3 Å². The highest BCUT2D eigenvalue weighted by atomic mass is 16.1. The maximum absolute atomic E-state index is 12.9. The van der Waals surface area contributed by atoms with Gasteiger partial charge in [-0.2, -0.15) is 15.0 Å². The van der Waals surface area contributed by atoms with Gasteiger partial charge in [-0.25, -0.2) is 0 Å². The van der Waals surface area contributed by atoms with Gasteiger partial charge in [0, 0.05) is 6.42 Å². The highest BCUT2D eigenvalue weighted by Crippen LogP contribution is 2.35. The van der Waals surface area contributed by atoms with Crippen LogP contribution in [0.3, 0.4) is 0 Å². The summed E-state index contributed by atoms with van der Waals surface area (Å²) in [7, 11) is 0. The third kappa shape index (κ3) is 3.00. The van der Waals surface area contributed by atoms with Crippen molar-refractivity contribution >= 4 is 22.9 Å². The molecule has 4 nitrogen and oxygen atoms in total. The van der Waals surface area contributed by atoms with Crippen LogP contribution < -0.4 is 0 Å². The molecule has 0 amide bonds. The molecule has 4 heteroatoms. The van der Waals surface area contributed by atoms with Crippen molar-refractivity contribution < 1.29 is 4.79 Å². The lowest BCUT2D eigenvalue weighted by Crippen LogP contribution is -2.45. The third-order valence-corrected chi connectivity index (χ3v) is 5.00. The monoisotopic (exact) mass is 331 g/mol. The number of ketones is 1. The Morgan fingerprint density at radius 3 is 2.32 bits per heavy atom. The second-order valence-corrected chi connectivity index (χ2v) is 6.66. The Kier molecular flexibility index (Phi) is 4.18. The fraction of sp³-hybridized carbons (Fsp3) is 0.286. The van der Waals surface area contributed by atoms with Crippen molar-refractivity contribution in [3.8, 4) is 0 Å². The van der Waals surface area contributed by atoms with Crippen molar-refractivity contribution in [2.24, 2.45) is 0 Å². The van der Waals surface area contributed by atoms with E-state index in [1.165, 1.54) is 0 Å². The topological polar surface area (TPSA) is 47.8 Å². The van der Waals surface area contributed by atoms with Crippen LogP contribution in [0.2, 0.25) is 0 Å². The van der Waals surface area contributed by atoms with Crippen molar-refractivity contribution in [1.29, 1.82) is 0 Å². The second kappa shape index (κ2) is 6.63. The van der Waals surface area contributed by atoms with Gasteiger partial charge in [0.25, 0.3) is 0 Å². The lowest BCUT2D eigenvalue weighted by atomic mass is 9.78. The number of fused-ring (bicyclic) bond motifs is 1. The van der Waals surface area contributed by atoms with E-state index in [9.17, 15) is 4.79 Å². The van der Waals surface area contributed by atoms with Gasteiger partial charge in [0.05, 0.1) is 0 Å². The van der Waals surface area contributed by atoms with Crippen LogP contribution in [0.1, 0.15) is 37.7 Å². The molecule has 25 heavy (non-hydrogen) atoms. The van der Waals surface area contributed by atoms with Crippen LogP contribution in [0.25, 0.3) is 17.1 Å². The van der Waals surface area contributed by atoms with E-state index in [0.717, 1.165) is 35.9 Å². The second-order valence-electron chi connectivity index (χ2n) is 6.66. The minimum absolute atomic E-state index is 0.247. The largest absolute Gasteiger partial charge is 0.297 e. The zero-order chi connectivity index (χ0) is 17.1. The van der Waals surface area contributed by atoms with Gasteiger partial charge in [-0.1, -0.05) is 61.0 Å². The average Bonchev–Trinajstić information content (AvgIpc) is 3.09. The molecule has 1 aliphatic rings. The van der Waals surface area contributed by atoms with Crippen LogP contribution in [0.4, 0.5) is 0 Å². The molecule has 0 bridgehead atoms. The molecule has 126 valence electrons. The van der Waals surface area contributed by atoms with Crippen molar-refractivity contribution in [1.82, 2.24) is 15.0 Å². The van der Waals surface area contributed by atoms with E-state index in [1.54, 1.807) is 4.80 Å². The van der Waals surface area contributed by atoms with E-state index in [4.69, 9.17) is 0 Å². The Morgan fingerprint density at radius 1 is 0.960 bits per heavy atom. The highest BCUT2D eigenvalue weighted by Gasteiger charge is 2.42. The van der Waals surface area contributed by atoms with Crippen molar-refractivity contribution in [2.45, 2.75) is 37.6 Å². The van der Waals surface area contributed by atoms with Gasteiger partial charge in [-0.15, -0.1) is 0 Å². The number of rotatable bonds is 4. The minimum atomic E-state index is -0.650. The molecule has 1 atom stereocenters. The van der Waals surface area contributed by atoms with E-state index >= 15 is 0 Å². The molecule has 0 saturated heterocycles. The smallest absolute Gasteiger partial charge is 0.162 e. The van der Waals surface area contributed by atoms with Gasteiger partial charge in [0.1, 0.15) is 16.6 Å². The quantitative estimate of drug-likeness (QED) is 0.713. The molecular weight excluding hydrogens is 310 g/mol. The van der Waals surface area contributed by atoms with Crippen LogP contribution in [0.5, 0.6) is 0 Å². The van der Waals surface area contributed by atoms with Gasteiger partial charge in [0.15, 0.2) is 5.78 Å². The van der Waals surface area contributed by atoms with Crippen molar-refractivity contribution in [3.05, 3.63) is 66.2 Å². The lowest BCUT2D eigenvalue weighted by Gasteiger charge is -2.33. The first-order chi connectivity index (χ1) is 12.3. The molecular formula is C21H21N3O. The number of Topliss-reactive ketones (excluding diaryl/α,β-unsaturated/α-hetero) is 1. The molecule has 1 aromatic heterocycles. The normalized spacial score (nSPS) is 21.2. The number of hydrogen-bond acceptors (Lipinski definition) is 3. The first-order valence-electron chi connectivity index (χ1n) is 8.85. The molecule has 0 N–H and O–H groups in total. The number of aromatic nitrogens is 3. The average molecular weight is 331 g/mol. The molecule has 0 spiro atoms. The number of carbonyl (C=O) groups excluding carboxylic acids is 1. The lowest BCUT2D eigenvalue weighted by molar-refractivity contribution is -0.131. The zero-order valence-electron chi connectivity index (χ0n) is 14.1. The molecule has 1 aliphatic carbocycles. The summed E-state index contributed by atoms with van der Waals surface area (Å²) >= 11 is 0. The Hall–Kier alpha value is -2.75. The zero-order valence-corrected chi connectivity index (χ0v) is 14.1. The molecule has 2 aromatic carbocycles. The van der Waals surface area contributed by atoms with Crippen LogP contribution in [-0.4, -0.2) is 20.8 Å². The summed E-state index contributed by atoms with van der Waals surface area (Å²) in [6.07, 6.45) is 8.19. The number of benzene rings is 2. The molecule has 1 unspecified atom stereocenters. The summed E-state index contributed by atoms with van der Waals surface area (Å²) in [6.45, 7) is 0. The third-order valence-electron chi connectivity index (χ3n) is 5.00.